The molecule has 0 aromatic rings. The first-order valence-corrected chi connectivity index (χ1v) is 4.66. The standard InChI is InChI=1S/C9H21N2O2/c1-4-9(13)7-11(2,3)8-10-5-6-12/h6,9-10,13H,4-5,7-8H2,1-3H3/q+1. The zero-order chi connectivity index (χ0) is 10.3. The summed E-state index contributed by atoms with van der Waals surface area (Å²) in [6.45, 7) is 3.76. The summed E-state index contributed by atoms with van der Waals surface area (Å²) in [6, 6.07) is 0. The molecule has 0 amide bonds. The number of hydrogen-bond donors (Lipinski definition) is 2. The van der Waals surface area contributed by atoms with Crippen LogP contribution in [0.25, 0.3) is 0 Å². The van der Waals surface area contributed by atoms with E-state index in [1.54, 1.807) is 0 Å². The highest BCUT2D eigenvalue weighted by molar-refractivity contribution is 5.51. The summed E-state index contributed by atoms with van der Waals surface area (Å²) >= 11 is 0. The monoisotopic (exact) mass is 189 g/mol. The van der Waals surface area contributed by atoms with Crippen LogP contribution in [0.1, 0.15) is 13.3 Å². The second-order valence-electron chi connectivity index (χ2n) is 3.96. The Balaban J connectivity index is 3.71. The molecule has 0 saturated heterocycles. The molecule has 0 aliphatic rings. The number of carbonyl (C=O) groups is 1. The fourth-order valence-electron chi connectivity index (χ4n) is 1.19. The van der Waals surface area contributed by atoms with Gasteiger partial charge in [-0.1, -0.05) is 6.92 Å². The van der Waals surface area contributed by atoms with Crippen molar-refractivity contribution in [3.05, 3.63) is 0 Å². The maximum absolute atomic E-state index is 10.1. The lowest BCUT2D eigenvalue weighted by Gasteiger charge is -2.31. The van der Waals surface area contributed by atoms with Crippen molar-refractivity contribution in [2.75, 3.05) is 33.9 Å². The molecule has 0 saturated carbocycles. The summed E-state index contributed by atoms with van der Waals surface area (Å²) in [5, 5.41) is 12.4. The fraction of sp³-hybridized carbons (Fsp3) is 0.889. The number of nitrogens with zero attached hydrogens (tertiary/aromatic N) is 1. The molecule has 4 nitrogen and oxygen atoms in total. The summed E-state index contributed by atoms with van der Waals surface area (Å²) in [7, 11) is 4.05. The number of aliphatic hydroxyl groups excluding tert-OH is 1. The molecule has 13 heavy (non-hydrogen) atoms. The van der Waals surface area contributed by atoms with Gasteiger partial charge in [0.2, 0.25) is 0 Å². The van der Waals surface area contributed by atoms with Crippen molar-refractivity contribution in [1.29, 1.82) is 0 Å². The van der Waals surface area contributed by atoms with Crippen LogP contribution in [0, 0.1) is 0 Å². The van der Waals surface area contributed by atoms with Gasteiger partial charge in [0.05, 0.1) is 20.6 Å². The Bertz CT molecular complexity index is 149. The largest absolute Gasteiger partial charge is 0.387 e. The van der Waals surface area contributed by atoms with Crippen LogP contribution in [0.3, 0.4) is 0 Å². The molecule has 4 heteroatoms. The van der Waals surface area contributed by atoms with E-state index >= 15 is 0 Å². The van der Waals surface area contributed by atoms with E-state index in [9.17, 15) is 9.90 Å². The normalized spacial score (nSPS) is 14.2. The molecule has 0 aromatic carbocycles. The average Bonchev–Trinajstić information content (AvgIpc) is 2.03. The number of likely N-dealkylation sites (N-methyl/N-ethyl adjacent to an activating group) is 1. The second-order valence-corrected chi connectivity index (χ2v) is 3.96. The van der Waals surface area contributed by atoms with Gasteiger partial charge >= 0.3 is 0 Å². The number of rotatable bonds is 7. The highest BCUT2D eigenvalue weighted by Crippen LogP contribution is 2.00. The molecule has 0 rings (SSSR count). The van der Waals surface area contributed by atoms with Crippen LogP contribution in [-0.4, -0.2) is 55.8 Å². The van der Waals surface area contributed by atoms with Gasteiger partial charge in [0.15, 0.2) is 0 Å². The number of nitrogens with one attached hydrogen (secondary N) is 1. The quantitative estimate of drug-likeness (QED) is 0.247. The highest BCUT2D eigenvalue weighted by Gasteiger charge is 2.18. The Morgan fingerprint density at radius 1 is 1.54 bits per heavy atom. The first-order chi connectivity index (χ1) is 6.02. The molecule has 0 bridgehead atoms. The zero-order valence-corrected chi connectivity index (χ0v) is 8.79. The third kappa shape index (κ3) is 6.69. The Morgan fingerprint density at radius 3 is 2.62 bits per heavy atom. The van der Waals surface area contributed by atoms with Crippen molar-refractivity contribution in [1.82, 2.24) is 5.32 Å². The minimum atomic E-state index is -0.256. The predicted octanol–water partition coefficient (Wildman–Crippen LogP) is -0.420. The summed E-state index contributed by atoms with van der Waals surface area (Å²) < 4.78 is 0.683. The third-order valence-electron chi connectivity index (χ3n) is 1.94. The lowest BCUT2D eigenvalue weighted by molar-refractivity contribution is -0.895. The first kappa shape index (κ1) is 12.6. The Hall–Kier alpha value is -0.450. The van der Waals surface area contributed by atoms with Crippen LogP contribution in [0.2, 0.25) is 0 Å². The molecular formula is C9H21N2O2+. The molecule has 0 spiro atoms. The second kappa shape index (κ2) is 6.07. The maximum atomic E-state index is 10.1. The van der Waals surface area contributed by atoms with Crippen LogP contribution >= 0.6 is 0 Å². The van der Waals surface area contributed by atoms with E-state index in [1.165, 1.54) is 0 Å². The van der Waals surface area contributed by atoms with Crippen molar-refractivity contribution < 1.29 is 14.4 Å². The summed E-state index contributed by atoms with van der Waals surface area (Å²) in [5.74, 6) is 0. The summed E-state index contributed by atoms with van der Waals surface area (Å²) in [5.41, 5.74) is 0. The van der Waals surface area contributed by atoms with Gasteiger partial charge in [0, 0.05) is 0 Å². The first-order valence-electron chi connectivity index (χ1n) is 4.66. The molecule has 1 unspecified atom stereocenters. The van der Waals surface area contributed by atoms with Gasteiger partial charge in [0.25, 0.3) is 0 Å². The Labute approximate surface area is 80.1 Å². The van der Waals surface area contributed by atoms with Gasteiger partial charge in [-0.3, -0.25) is 5.32 Å². The summed E-state index contributed by atoms with van der Waals surface area (Å²) in [4.78, 5) is 10.1. The van der Waals surface area contributed by atoms with Crippen LogP contribution in [0.15, 0.2) is 0 Å². The molecule has 78 valence electrons. The predicted molar refractivity (Wildman–Crippen MR) is 52.2 cm³/mol. The minimum absolute atomic E-state index is 0.256. The van der Waals surface area contributed by atoms with Gasteiger partial charge < -0.3 is 14.4 Å². The maximum Gasteiger partial charge on any atom is 0.133 e. The van der Waals surface area contributed by atoms with E-state index in [4.69, 9.17) is 0 Å². The van der Waals surface area contributed by atoms with Gasteiger partial charge in [-0.2, -0.15) is 0 Å². The smallest absolute Gasteiger partial charge is 0.133 e. The van der Waals surface area contributed by atoms with Gasteiger partial charge in [0.1, 0.15) is 25.6 Å². The number of carbonyl (C=O) groups excluding carboxylic acids is 1. The van der Waals surface area contributed by atoms with E-state index in [0.29, 0.717) is 24.2 Å². The third-order valence-corrected chi connectivity index (χ3v) is 1.94. The lowest BCUT2D eigenvalue weighted by atomic mass is 10.2. The summed E-state index contributed by atoms with van der Waals surface area (Å²) in [6.07, 6.45) is 1.36. The fourth-order valence-corrected chi connectivity index (χ4v) is 1.19. The number of aldehydes is 1. The molecule has 0 aliphatic carbocycles. The van der Waals surface area contributed by atoms with Gasteiger partial charge in [-0.05, 0) is 6.42 Å². The van der Waals surface area contributed by atoms with Crippen LogP contribution < -0.4 is 5.32 Å². The van der Waals surface area contributed by atoms with E-state index in [1.807, 2.05) is 21.0 Å². The molecule has 0 fully saturated rings. The van der Waals surface area contributed by atoms with Gasteiger partial charge in [-0.25, -0.2) is 0 Å². The molecule has 2 N–H and O–H groups in total. The zero-order valence-electron chi connectivity index (χ0n) is 8.79. The van der Waals surface area contributed by atoms with E-state index in [-0.39, 0.29) is 6.10 Å². The molecular weight excluding hydrogens is 168 g/mol. The Morgan fingerprint density at radius 2 is 2.15 bits per heavy atom. The van der Waals surface area contributed by atoms with E-state index in [0.717, 1.165) is 12.7 Å². The van der Waals surface area contributed by atoms with Crippen molar-refractivity contribution in [3.63, 3.8) is 0 Å². The topological polar surface area (TPSA) is 49.3 Å². The van der Waals surface area contributed by atoms with Crippen molar-refractivity contribution in [2.24, 2.45) is 0 Å². The van der Waals surface area contributed by atoms with Crippen molar-refractivity contribution in [2.45, 2.75) is 19.4 Å². The van der Waals surface area contributed by atoms with E-state index < -0.39 is 0 Å². The highest BCUT2D eigenvalue weighted by atomic mass is 16.3. The average molecular weight is 189 g/mol. The molecule has 0 aliphatic heterocycles. The van der Waals surface area contributed by atoms with Crippen LogP contribution in [0.4, 0.5) is 0 Å². The number of hydrogen-bond acceptors (Lipinski definition) is 3. The van der Waals surface area contributed by atoms with Crippen LogP contribution in [0.5, 0.6) is 0 Å². The number of aliphatic hydroxyl groups is 1. The Kier molecular flexibility index (Phi) is 5.86. The van der Waals surface area contributed by atoms with Crippen LogP contribution in [-0.2, 0) is 4.79 Å². The molecule has 0 radical (unpaired) electrons. The number of quaternary nitrogens is 1. The molecule has 0 aromatic heterocycles. The van der Waals surface area contributed by atoms with E-state index in [2.05, 4.69) is 5.32 Å². The molecule has 1 atom stereocenters. The van der Waals surface area contributed by atoms with Gasteiger partial charge in [-0.15, -0.1) is 0 Å². The lowest BCUT2D eigenvalue weighted by Crippen LogP contribution is -2.50. The van der Waals surface area contributed by atoms with Crippen molar-refractivity contribution in [3.8, 4) is 0 Å². The SMILES string of the molecule is CCC(O)C[N+](C)(C)CNCC=O. The van der Waals surface area contributed by atoms with Crippen molar-refractivity contribution >= 4 is 6.29 Å². The minimum Gasteiger partial charge on any atom is -0.387 e. The molecule has 0 heterocycles.